The van der Waals surface area contributed by atoms with Crippen LogP contribution in [0.25, 0.3) is 0 Å². The second-order valence-corrected chi connectivity index (χ2v) is 7.80. The zero-order valence-electron chi connectivity index (χ0n) is 16.5. The van der Waals surface area contributed by atoms with E-state index in [4.69, 9.17) is 18.8 Å². The molecular formula is C14H24NNaO14S. The van der Waals surface area contributed by atoms with Gasteiger partial charge in [0.25, 0.3) is 0 Å². The van der Waals surface area contributed by atoms with Crippen LogP contribution in [0.2, 0.25) is 0 Å². The van der Waals surface area contributed by atoms with Crippen molar-refractivity contribution in [2.45, 2.75) is 68.3 Å². The second kappa shape index (κ2) is 11.9. The zero-order valence-corrected chi connectivity index (χ0v) is 19.3. The number of rotatable bonds is 7. The van der Waals surface area contributed by atoms with E-state index in [-0.39, 0.29) is 29.6 Å². The molecule has 2 saturated heterocycles. The molecule has 31 heavy (non-hydrogen) atoms. The van der Waals surface area contributed by atoms with Gasteiger partial charge in [-0.1, -0.05) is 0 Å². The van der Waals surface area contributed by atoms with Crippen LogP contribution in [0.5, 0.6) is 0 Å². The van der Waals surface area contributed by atoms with E-state index >= 15 is 0 Å². The fourth-order valence-corrected chi connectivity index (χ4v) is 3.37. The van der Waals surface area contributed by atoms with Crippen LogP contribution in [0.15, 0.2) is 4.99 Å². The minimum absolute atomic E-state index is 0. The number of hydrogen-bond donors (Lipinski definition) is 7. The van der Waals surface area contributed by atoms with Gasteiger partial charge in [-0.15, -0.1) is 0 Å². The Morgan fingerprint density at radius 3 is 2.16 bits per heavy atom. The van der Waals surface area contributed by atoms with Gasteiger partial charge in [0.15, 0.2) is 12.6 Å². The summed E-state index contributed by atoms with van der Waals surface area (Å²) in [5, 5.41) is 70.8. The third-order valence-electron chi connectivity index (χ3n) is 4.51. The first-order chi connectivity index (χ1) is 13.9. The Labute approximate surface area is 199 Å². The summed E-state index contributed by atoms with van der Waals surface area (Å²) in [6.07, 6.45) is -15.5. The maximum Gasteiger partial charge on any atom is 1.00 e. The fraction of sp³-hybridized carbons (Fsp3) is 0.929. The van der Waals surface area contributed by atoms with Crippen molar-refractivity contribution in [3.05, 3.63) is 0 Å². The number of nitrogens with zero attached hydrogens (tertiary/aromatic N) is 1. The van der Waals surface area contributed by atoms with Crippen LogP contribution in [0.4, 0.5) is 0 Å². The van der Waals surface area contributed by atoms with E-state index in [0.29, 0.717) is 0 Å². The molecule has 0 aromatic heterocycles. The van der Waals surface area contributed by atoms with Crippen LogP contribution in [-0.4, -0.2) is 124 Å². The van der Waals surface area contributed by atoms with Crippen LogP contribution in [0.1, 0.15) is 6.92 Å². The van der Waals surface area contributed by atoms with Crippen molar-refractivity contribution in [1.29, 1.82) is 0 Å². The fourth-order valence-electron chi connectivity index (χ4n) is 3.06. The minimum atomic E-state index is -4.95. The summed E-state index contributed by atoms with van der Waals surface area (Å²) in [4.78, 5) is 3.48. The standard InChI is InChI=1S/C14H25NO14S.Na/c1-4(17)15-7-9(19)12(6(27-13(7)22)3-26-30(23,24)25)29-14-11(21)10(20)8(18)5(2-16)28-14;/h5-14,16,18-22H,2-3H2,1H3,(H,15,17)(H,23,24,25);/q;+1/p-1/t5-,6-,7-,8+,9-,10+,11-,12-,13-,14+;/m1./s1. The molecule has 2 fully saturated rings. The van der Waals surface area contributed by atoms with E-state index in [1.54, 1.807) is 0 Å². The first-order valence-electron chi connectivity index (χ1n) is 8.66. The van der Waals surface area contributed by atoms with Crippen molar-refractivity contribution in [3.8, 4) is 0 Å². The SMILES string of the molecule is CC([O-])=N[C@@H]1[C@@H](O)[C@H](O[C@@H]2O[C@H](CO)[C@H](O)[C@H](O)[C@H]2O)[C@@H](COS(=O)(=O)O)O[C@H]1O.[Na+]. The Morgan fingerprint density at radius 1 is 1.03 bits per heavy atom. The minimum Gasteiger partial charge on any atom is -0.862 e. The molecule has 0 bridgehead atoms. The van der Waals surface area contributed by atoms with Crippen molar-refractivity contribution in [2.24, 2.45) is 4.99 Å². The molecule has 0 aromatic rings. The average molecular weight is 485 g/mol. The zero-order chi connectivity index (χ0) is 22.8. The van der Waals surface area contributed by atoms with Crippen LogP contribution in [0.3, 0.4) is 0 Å². The van der Waals surface area contributed by atoms with E-state index in [0.717, 1.165) is 6.92 Å². The summed E-state index contributed by atoms with van der Waals surface area (Å²) in [5.41, 5.74) is 0. The normalized spacial score (nSPS) is 42.1. The van der Waals surface area contributed by atoms with E-state index in [1.165, 1.54) is 0 Å². The van der Waals surface area contributed by atoms with Crippen LogP contribution < -0.4 is 34.7 Å². The molecular weight excluding hydrogens is 461 g/mol. The molecule has 0 aliphatic carbocycles. The quantitative estimate of drug-likeness (QED) is 0.0766. The van der Waals surface area contributed by atoms with Gasteiger partial charge in [0.05, 0.1) is 13.2 Å². The first kappa shape index (κ1) is 29.0. The molecule has 15 nitrogen and oxygen atoms in total. The summed E-state index contributed by atoms with van der Waals surface area (Å²) in [7, 11) is -4.95. The first-order valence-corrected chi connectivity index (χ1v) is 10.0. The molecule has 2 rings (SSSR count). The monoisotopic (exact) mass is 485 g/mol. The van der Waals surface area contributed by atoms with Gasteiger partial charge in [-0.25, -0.2) is 4.18 Å². The van der Waals surface area contributed by atoms with Crippen LogP contribution in [0, 0.1) is 0 Å². The van der Waals surface area contributed by atoms with Gasteiger partial charge in [-0.3, -0.25) is 9.55 Å². The Hall–Kier alpha value is -0.0200. The van der Waals surface area contributed by atoms with Crippen molar-refractivity contribution < 1.29 is 96.7 Å². The molecule has 2 aliphatic rings. The molecule has 0 amide bonds. The van der Waals surface area contributed by atoms with Crippen molar-refractivity contribution in [1.82, 2.24) is 0 Å². The molecule has 2 aliphatic heterocycles. The smallest absolute Gasteiger partial charge is 0.862 e. The van der Waals surface area contributed by atoms with Gasteiger partial charge < -0.3 is 50.0 Å². The van der Waals surface area contributed by atoms with E-state index in [9.17, 15) is 44.2 Å². The Balaban J connectivity index is 0.00000480. The maximum absolute atomic E-state index is 11.3. The maximum atomic E-state index is 11.3. The van der Waals surface area contributed by atoms with Gasteiger partial charge in [-0.2, -0.15) is 8.42 Å². The van der Waals surface area contributed by atoms with Gasteiger partial charge in [-0.05, 0) is 12.8 Å². The molecule has 17 heteroatoms. The molecule has 0 radical (unpaired) electrons. The average Bonchev–Trinajstić information content (AvgIpc) is 2.65. The molecule has 0 aromatic carbocycles. The molecule has 7 N–H and O–H groups in total. The predicted molar refractivity (Wildman–Crippen MR) is 89.9 cm³/mol. The molecule has 0 saturated carbocycles. The van der Waals surface area contributed by atoms with Gasteiger partial charge in [0, 0.05) is 0 Å². The summed E-state index contributed by atoms with van der Waals surface area (Å²) in [5.74, 6) is -0.791. The number of aliphatic imine (C=N–C) groups is 1. The van der Waals surface area contributed by atoms with E-state index < -0.39 is 90.9 Å². The van der Waals surface area contributed by atoms with E-state index in [1.807, 2.05) is 0 Å². The largest absolute Gasteiger partial charge is 1.00 e. The number of aliphatic hydroxyl groups excluding tert-OH is 6. The summed E-state index contributed by atoms with van der Waals surface area (Å²) in [6, 6.07) is -1.58. The summed E-state index contributed by atoms with van der Waals surface area (Å²) in [6.45, 7) is -0.715. The predicted octanol–water partition coefficient (Wildman–Crippen LogP) is -8.78. The Morgan fingerprint density at radius 2 is 1.65 bits per heavy atom. The van der Waals surface area contributed by atoms with Crippen molar-refractivity contribution in [2.75, 3.05) is 13.2 Å². The molecule has 10 atom stereocenters. The number of aliphatic hydroxyl groups is 6. The summed E-state index contributed by atoms with van der Waals surface area (Å²) >= 11 is 0. The van der Waals surface area contributed by atoms with Gasteiger partial charge in [0.1, 0.15) is 48.8 Å². The van der Waals surface area contributed by atoms with Crippen molar-refractivity contribution >= 4 is 16.3 Å². The van der Waals surface area contributed by atoms with Crippen molar-refractivity contribution in [3.63, 3.8) is 0 Å². The van der Waals surface area contributed by atoms with Gasteiger partial charge in [0.2, 0.25) is 0 Å². The number of ether oxygens (including phenoxy) is 3. The summed E-state index contributed by atoms with van der Waals surface area (Å²) < 4.78 is 50.2. The number of hydrogen-bond acceptors (Lipinski definition) is 14. The third-order valence-corrected chi connectivity index (χ3v) is 4.95. The molecule has 0 unspecified atom stereocenters. The Kier molecular flexibility index (Phi) is 11.1. The van der Waals surface area contributed by atoms with Gasteiger partial charge >= 0.3 is 40.0 Å². The van der Waals surface area contributed by atoms with Crippen LogP contribution >= 0.6 is 0 Å². The molecule has 176 valence electrons. The second-order valence-electron chi connectivity index (χ2n) is 6.70. The van der Waals surface area contributed by atoms with E-state index in [2.05, 4.69) is 9.18 Å². The topological polar surface area (TPSA) is 248 Å². The third kappa shape index (κ3) is 7.49. The van der Waals surface area contributed by atoms with Crippen LogP contribution in [-0.2, 0) is 28.8 Å². The molecule has 2 heterocycles. The molecule has 0 spiro atoms. The Bertz CT molecular complexity index is 703.